The van der Waals surface area contributed by atoms with Crippen LogP contribution in [-0.4, -0.2) is 52.3 Å². The van der Waals surface area contributed by atoms with Crippen molar-refractivity contribution in [3.63, 3.8) is 0 Å². The average molecular weight is 344 g/mol. The quantitative estimate of drug-likeness (QED) is 0.847. The van der Waals surface area contributed by atoms with Crippen LogP contribution in [0.25, 0.3) is 0 Å². The molecule has 1 saturated heterocycles. The number of nitrogens with zero attached hydrogens (tertiary/aromatic N) is 4. The number of methoxy groups -OCH3 is 1. The molecular formula is C17H24N6O2. The maximum absolute atomic E-state index is 5.87. The number of hydrogen-bond donors (Lipinski definition) is 2. The highest BCUT2D eigenvalue weighted by molar-refractivity contribution is 5.62. The Morgan fingerprint density at radius 3 is 2.64 bits per heavy atom. The SMILES string of the molecule is COc1ccccc1Nc1nc(N)nc(CN2CC(C)OC(C)C2)n1. The zero-order valence-electron chi connectivity index (χ0n) is 14.8. The third-order valence-electron chi connectivity index (χ3n) is 3.91. The molecule has 3 N–H and O–H groups in total. The number of para-hydroxylation sites is 2. The fourth-order valence-electron chi connectivity index (χ4n) is 3.05. The average Bonchev–Trinajstić information content (AvgIpc) is 2.53. The fourth-order valence-corrected chi connectivity index (χ4v) is 3.05. The number of nitrogens with one attached hydrogen (secondary N) is 1. The number of ether oxygens (including phenoxy) is 2. The van der Waals surface area contributed by atoms with E-state index in [4.69, 9.17) is 15.2 Å². The summed E-state index contributed by atoms with van der Waals surface area (Å²) >= 11 is 0. The van der Waals surface area contributed by atoms with Crippen molar-refractivity contribution in [2.24, 2.45) is 0 Å². The summed E-state index contributed by atoms with van der Waals surface area (Å²) < 4.78 is 11.1. The second-order valence-electron chi connectivity index (χ2n) is 6.21. The third-order valence-corrected chi connectivity index (χ3v) is 3.91. The van der Waals surface area contributed by atoms with Gasteiger partial charge in [0.05, 0.1) is 31.5 Å². The van der Waals surface area contributed by atoms with E-state index in [2.05, 4.69) is 39.0 Å². The van der Waals surface area contributed by atoms with Gasteiger partial charge in [-0.2, -0.15) is 15.0 Å². The molecule has 134 valence electrons. The van der Waals surface area contributed by atoms with Crippen molar-refractivity contribution in [3.05, 3.63) is 30.1 Å². The Balaban J connectivity index is 1.76. The monoisotopic (exact) mass is 344 g/mol. The van der Waals surface area contributed by atoms with Gasteiger partial charge in [0.25, 0.3) is 0 Å². The molecule has 2 aromatic rings. The van der Waals surface area contributed by atoms with Gasteiger partial charge >= 0.3 is 0 Å². The zero-order valence-corrected chi connectivity index (χ0v) is 14.8. The van der Waals surface area contributed by atoms with Crippen molar-refractivity contribution in [2.75, 3.05) is 31.2 Å². The molecule has 2 heterocycles. The number of nitrogens with two attached hydrogens (primary N) is 1. The minimum atomic E-state index is 0.189. The molecule has 1 aliphatic heterocycles. The van der Waals surface area contributed by atoms with Crippen LogP contribution in [0.2, 0.25) is 0 Å². The number of nitrogen functional groups attached to an aromatic ring is 1. The van der Waals surface area contributed by atoms with E-state index in [9.17, 15) is 0 Å². The Kier molecular flexibility index (Phi) is 5.30. The summed E-state index contributed by atoms with van der Waals surface area (Å²) in [6.45, 7) is 6.42. The van der Waals surface area contributed by atoms with Gasteiger partial charge in [-0.05, 0) is 26.0 Å². The molecule has 2 unspecified atom stereocenters. The Hall–Kier alpha value is -2.45. The fraction of sp³-hybridized carbons (Fsp3) is 0.471. The molecule has 1 aliphatic rings. The van der Waals surface area contributed by atoms with Gasteiger partial charge in [0.1, 0.15) is 11.6 Å². The summed E-state index contributed by atoms with van der Waals surface area (Å²) in [5.41, 5.74) is 6.64. The summed E-state index contributed by atoms with van der Waals surface area (Å²) in [6.07, 6.45) is 0.378. The molecule has 0 spiro atoms. The lowest BCUT2D eigenvalue weighted by Crippen LogP contribution is -2.45. The smallest absolute Gasteiger partial charge is 0.232 e. The molecule has 0 saturated carbocycles. The van der Waals surface area contributed by atoms with Crippen molar-refractivity contribution in [1.29, 1.82) is 0 Å². The lowest BCUT2D eigenvalue weighted by atomic mass is 10.2. The largest absolute Gasteiger partial charge is 0.495 e. The molecule has 1 fully saturated rings. The first kappa shape index (κ1) is 17.4. The maximum atomic E-state index is 5.87. The van der Waals surface area contributed by atoms with E-state index in [0.29, 0.717) is 24.1 Å². The van der Waals surface area contributed by atoms with Crippen LogP contribution in [0.3, 0.4) is 0 Å². The number of morpholine rings is 1. The van der Waals surface area contributed by atoms with Crippen LogP contribution in [0.4, 0.5) is 17.6 Å². The Morgan fingerprint density at radius 1 is 1.20 bits per heavy atom. The van der Waals surface area contributed by atoms with Crippen LogP contribution in [0.5, 0.6) is 5.75 Å². The second kappa shape index (κ2) is 7.62. The van der Waals surface area contributed by atoms with Gasteiger partial charge in [-0.15, -0.1) is 0 Å². The summed E-state index contributed by atoms with van der Waals surface area (Å²) in [6, 6.07) is 7.57. The van der Waals surface area contributed by atoms with Gasteiger partial charge in [-0.1, -0.05) is 12.1 Å². The van der Waals surface area contributed by atoms with Crippen molar-refractivity contribution >= 4 is 17.6 Å². The van der Waals surface area contributed by atoms with E-state index in [0.717, 1.165) is 18.8 Å². The molecule has 0 aliphatic carbocycles. The summed E-state index contributed by atoms with van der Waals surface area (Å²) in [5, 5.41) is 3.15. The van der Waals surface area contributed by atoms with E-state index >= 15 is 0 Å². The molecule has 2 atom stereocenters. The molecule has 1 aromatic carbocycles. The van der Waals surface area contributed by atoms with Gasteiger partial charge < -0.3 is 20.5 Å². The van der Waals surface area contributed by atoms with Crippen molar-refractivity contribution in [2.45, 2.75) is 32.6 Å². The highest BCUT2D eigenvalue weighted by atomic mass is 16.5. The normalized spacial score (nSPS) is 21.1. The molecule has 1 aromatic heterocycles. The van der Waals surface area contributed by atoms with Crippen molar-refractivity contribution in [3.8, 4) is 5.75 Å². The molecular weight excluding hydrogens is 320 g/mol. The minimum absolute atomic E-state index is 0.189. The van der Waals surface area contributed by atoms with Gasteiger partial charge in [0, 0.05) is 13.1 Å². The lowest BCUT2D eigenvalue weighted by molar-refractivity contribution is -0.0710. The molecule has 25 heavy (non-hydrogen) atoms. The van der Waals surface area contributed by atoms with Gasteiger partial charge in [0.2, 0.25) is 11.9 Å². The number of anilines is 3. The molecule has 8 heteroatoms. The lowest BCUT2D eigenvalue weighted by Gasteiger charge is -2.34. The first-order valence-corrected chi connectivity index (χ1v) is 8.31. The zero-order chi connectivity index (χ0) is 17.8. The third kappa shape index (κ3) is 4.55. The van der Waals surface area contributed by atoms with Crippen molar-refractivity contribution in [1.82, 2.24) is 19.9 Å². The number of aromatic nitrogens is 3. The predicted octanol–water partition coefficient (Wildman–Crippen LogP) is 1.82. The summed E-state index contributed by atoms with van der Waals surface area (Å²) in [4.78, 5) is 15.2. The van der Waals surface area contributed by atoms with Crippen LogP contribution in [0.15, 0.2) is 24.3 Å². The maximum Gasteiger partial charge on any atom is 0.232 e. The molecule has 0 radical (unpaired) electrons. The van der Waals surface area contributed by atoms with Crippen LogP contribution in [0, 0.1) is 0 Å². The summed E-state index contributed by atoms with van der Waals surface area (Å²) in [5.74, 6) is 1.93. The van der Waals surface area contributed by atoms with E-state index in [1.54, 1.807) is 7.11 Å². The predicted molar refractivity (Wildman–Crippen MR) is 95.8 cm³/mol. The molecule has 8 nitrogen and oxygen atoms in total. The van der Waals surface area contributed by atoms with Crippen LogP contribution in [-0.2, 0) is 11.3 Å². The van der Waals surface area contributed by atoms with E-state index in [1.165, 1.54) is 0 Å². The molecule has 0 bridgehead atoms. The first-order chi connectivity index (χ1) is 12.0. The Morgan fingerprint density at radius 2 is 1.92 bits per heavy atom. The Bertz CT molecular complexity index is 716. The minimum Gasteiger partial charge on any atom is -0.495 e. The number of benzene rings is 1. The van der Waals surface area contributed by atoms with Gasteiger partial charge in [-0.3, -0.25) is 4.90 Å². The highest BCUT2D eigenvalue weighted by Crippen LogP contribution is 2.25. The van der Waals surface area contributed by atoms with E-state index in [-0.39, 0.29) is 18.2 Å². The first-order valence-electron chi connectivity index (χ1n) is 8.31. The molecule has 0 amide bonds. The highest BCUT2D eigenvalue weighted by Gasteiger charge is 2.23. The second-order valence-corrected chi connectivity index (χ2v) is 6.21. The van der Waals surface area contributed by atoms with Crippen molar-refractivity contribution < 1.29 is 9.47 Å². The van der Waals surface area contributed by atoms with Crippen LogP contribution >= 0.6 is 0 Å². The summed E-state index contributed by atoms with van der Waals surface area (Å²) in [7, 11) is 1.62. The molecule has 3 rings (SSSR count). The Labute approximate surface area is 147 Å². The van der Waals surface area contributed by atoms with Crippen LogP contribution < -0.4 is 15.8 Å². The number of hydrogen-bond acceptors (Lipinski definition) is 8. The van der Waals surface area contributed by atoms with E-state index < -0.39 is 0 Å². The number of rotatable bonds is 5. The van der Waals surface area contributed by atoms with Gasteiger partial charge in [-0.25, -0.2) is 0 Å². The van der Waals surface area contributed by atoms with Gasteiger partial charge in [0.15, 0.2) is 0 Å². The topological polar surface area (TPSA) is 98.4 Å². The standard InChI is InChI=1S/C17H24N6O2/c1-11-8-23(9-12(2)25-11)10-15-20-16(18)22-17(21-15)19-13-6-4-5-7-14(13)24-3/h4-7,11-12H,8-10H2,1-3H3,(H3,18,19,20,21,22). The van der Waals surface area contributed by atoms with E-state index in [1.807, 2.05) is 24.3 Å². The van der Waals surface area contributed by atoms with Crippen LogP contribution in [0.1, 0.15) is 19.7 Å².